The molecule has 13 nitrogen and oxygen atoms in total. The number of hydrogen-bond donors (Lipinski definition) is 2. The molecule has 0 bridgehead atoms. The highest BCUT2D eigenvalue weighted by Gasteiger charge is 2.33. The van der Waals surface area contributed by atoms with Gasteiger partial charge in [-0.2, -0.15) is 0 Å². The second kappa shape index (κ2) is 13.9. The predicted octanol–water partition coefficient (Wildman–Crippen LogP) is 7.42. The first-order valence-corrected chi connectivity index (χ1v) is 15.9. The van der Waals surface area contributed by atoms with Gasteiger partial charge in [0.1, 0.15) is 48.8 Å². The molecule has 2 aromatic carbocycles. The molecule has 0 radical (unpaired) electrons. The third-order valence-electron chi connectivity index (χ3n) is 6.68. The molecule has 0 fully saturated rings. The molecule has 2 aliphatic rings. The molecule has 4 rings (SSSR count). The van der Waals surface area contributed by atoms with E-state index in [9.17, 15) is 14.4 Å². The summed E-state index contributed by atoms with van der Waals surface area (Å²) in [6.07, 6.45) is -1.68. The van der Waals surface area contributed by atoms with Gasteiger partial charge in [0.25, 0.3) is 0 Å². The van der Waals surface area contributed by atoms with E-state index in [2.05, 4.69) is 10.6 Å². The highest BCUT2D eigenvalue weighted by Crippen LogP contribution is 2.41. The van der Waals surface area contributed by atoms with Gasteiger partial charge in [-0.1, -0.05) is 0 Å². The molecule has 0 saturated carbocycles. The van der Waals surface area contributed by atoms with E-state index in [1.165, 1.54) is 0 Å². The molecule has 0 atom stereocenters. The summed E-state index contributed by atoms with van der Waals surface area (Å²) >= 11 is 0. The molecule has 48 heavy (non-hydrogen) atoms. The normalized spacial score (nSPS) is 14.4. The van der Waals surface area contributed by atoms with Crippen LogP contribution in [-0.4, -0.2) is 67.2 Å². The van der Waals surface area contributed by atoms with Gasteiger partial charge < -0.3 is 37.9 Å². The minimum absolute atomic E-state index is 0.217. The van der Waals surface area contributed by atoms with E-state index in [0.717, 1.165) is 0 Å². The van der Waals surface area contributed by atoms with Crippen LogP contribution >= 0.6 is 0 Å². The molecule has 0 saturated heterocycles. The number of ether oxygens (including phenoxy) is 8. The Balaban J connectivity index is 1.46. The minimum Gasteiger partial charge on any atom is -0.486 e. The number of fused-ring (bicyclic) bond motifs is 2. The Labute approximate surface area is 281 Å². The zero-order valence-corrected chi connectivity index (χ0v) is 29.5. The number of carbonyl (C=O) groups excluding carboxylic acids is 3. The van der Waals surface area contributed by atoms with Crippen molar-refractivity contribution in [1.29, 1.82) is 0 Å². The van der Waals surface area contributed by atoms with E-state index >= 15 is 0 Å². The largest absolute Gasteiger partial charge is 0.509 e. The summed E-state index contributed by atoms with van der Waals surface area (Å²) < 4.78 is 45.8. The number of carbonyl (C=O) groups is 3. The van der Waals surface area contributed by atoms with Crippen molar-refractivity contribution in [3.8, 4) is 23.0 Å². The van der Waals surface area contributed by atoms with Crippen LogP contribution in [-0.2, 0) is 31.8 Å². The Hall–Kier alpha value is -4.55. The molecule has 2 aliphatic heterocycles. The summed E-state index contributed by atoms with van der Waals surface area (Å²) in [5.74, 6) is 1.94. The van der Waals surface area contributed by atoms with E-state index in [1.54, 1.807) is 93.5 Å². The highest BCUT2D eigenvalue weighted by atomic mass is 16.7. The van der Waals surface area contributed by atoms with Crippen LogP contribution < -0.4 is 29.6 Å². The van der Waals surface area contributed by atoms with E-state index < -0.39 is 40.7 Å². The lowest BCUT2D eigenvalue weighted by atomic mass is 9.96. The number of benzene rings is 2. The third kappa shape index (κ3) is 10.7. The van der Waals surface area contributed by atoms with Crippen LogP contribution in [0.2, 0.25) is 0 Å². The van der Waals surface area contributed by atoms with Crippen molar-refractivity contribution in [2.45, 2.75) is 104 Å². The van der Waals surface area contributed by atoms with Crippen LogP contribution in [0, 0.1) is 0 Å². The molecule has 0 spiro atoms. The topological polar surface area (TPSA) is 149 Å². The Kier molecular flexibility index (Phi) is 10.5. The van der Waals surface area contributed by atoms with Gasteiger partial charge in [-0.15, -0.1) is 0 Å². The second-order valence-corrected chi connectivity index (χ2v) is 14.9. The second-order valence-electron chi connectivity index (χ2n) is 14.9. The maximum absolute atomic E-state index is 13.2. The lowest BCUT2D eigenvalue weighted by molar-refractivity contribution is -0.0586. The molecule has 0 aromatic heterocycles. The van der Waals surface area contributed by atoms with Gasteiger partial charge in [-0.25, -0.2) is 14.4 Å². The fourth-order valence-corrected chi connectivity index (χ4v) is 5.16. The van der Waals surface area contributed by atoms with Crippen molar-refractivity contribution in [3.05, 3.63) is 35.4 Å². The summed E-state index contributed by atoms with van der Waals surface area (Å²) in [6.45, 7) is 19.1. The summed E-state index contributed by atoms with van der Waals surface area (Å²) in [5, 5.41) is 5.47. The number of nitrogens with one attached hydrogen (secondary N) is 2. The highest BCUT2D eigenvalue weighted by molar-refractivity contribution is 5.86. The lowest BCUT2D eigenvalue weighted by Gasteiger charge is -2.31. The molecule has 2 amide bonds. The van der Waals surface area contributed by atoms with Crippen LogP contribution in [0.15, 0.2) is 24.3 Å². The Morgan fingerprint density at radius 3 is 1.27 bits per heavy atom. The summed E-state index contributed by atoms with van der Waals surface area (Å²) in [6, 6.07) is 6.80. The average Bonchev–Trinajstić information content (AvgIpc) is 2.89. The number of anilines is 2. The molecule has 2 N–H and O–H groups in total. The predicted molar refractivity (Wildman–Crippen MR) is 178 cm³/mol. The van der Waals surface area contributed by atoms with E-state index in [0.29, 0.717) is 71.9 Å². The lowest BCUT2D eigenvalue weighted by Crippen LogP contribution is -2.37. The molecular formula is C35H48N2O11. The fourth-order valence-electron chi connectivity index (χ4n) is 5.16. The van der Waals surface area contributed by atoms with Crippen molar-refractivity contribution in [2.75, 3.05) is 37.1 Å². The maximum Gasteiger partial charge on any atom is 0.509 e. The van der Waals surface area contributed by atoms with E-state index in [1.807, 2.05) is 0 Å². The molecule has 0 aliphatic carbocycles. The van der Waals surface area contributed by atoms with Gasteiger partial charge in [0.15, 0.2) is 23.0 Å². The van der Waals surface area contributed by atoms with Crippen molar-refractivity contribution in [1.82, 2.24) is 0 Å². The standard InChI is InChI=1S/C35H48N2O11/c1-32(2,3)45-29(38)36-23-15-21(27-25(17-23)41-11-13-43-27)19-34(7,8)47-31(40)48-35(9,10)20-22-16-24(37-30(39)46-33(4,5)6)18-26-28(22)44-14-12-42-26/h15-18H,11-14,19-20H2,1-10H3,(H,36,38)(H,37,39). The van der Waals surface area contributed by atoms with Gasteiger partial charge >= 0.3 is 18.3 Å². The van der Waals surface area contributed by atoms with Gasteiger partial charge in [0.2, 0.25) is 0 Å². The SMILES string of the molecule is CC(C)(C)OC(=O)Nc1cc(CC(C)(C)OC(=O)OC(C)(C)Cc2cc(NC(=O)OC(C)(C)C)cc3c2OCCO3)c2c(c1)OCCO2. The molecule has 2 heterocycles. The maximum atomic E-state index is 13.2. The van der Waals surface area contributed by atoms with E-state index in [4.69, 9.17) is 37.9 Å². The van der Waals surface area contributed by atoms with Crippen LogP contribution in [0.4, 0.5) is 25.8 Å². The number of rotatable bonds is 8. The van der Waals surface area contributed by atoms with Crippen LogP contribution in [0.25, 0.3) is 0 Å². The average molecular weight is 673 g/mol. The van der Waals surface area contributed by atoms with Crippen LogP contribution in [0.1, 0.15) is 80.4 Å². The van der Waals surface area contributed by atoms with Gasteiger partial charge in [0.05, 0.1) is 0 Å². The van der Waals surface area contributed by atoms with E-state index in [-0.39, 0.29) is 12.8 Å². The first kappa shape index (κ1) is 36.3. The number of hydrogen-bond acceptors (Lipinski definition) is 11. The van der Waals surface area contributed by atoms with Crippen LogP contribution in [0.3, 0.4) is 0 Å². The van der Waals surface area contributed by atoms with Crippen molar-refractivity contribution >= 4 is 29.7 Å². The summed E-state index contributed by atoms with van der Waals surface area (Å²) in [7, 11) is 0. The molecule has 13 heteroatoms. The third-order valence-corrected chi connectivity index (χ3v) is 6.68. The molecule has 264 valence electrons. The van der Waals surface area contributed by atoms with Gasteiger partial charge in [0, 0.05) is 47.5 Å². The van der Waals surface area contributed by atoms with Crippen LogP contribution in [0.5, 0.6) is 23.0 Å². The quantitative estimate of drug-likeness (QED) is 0.213. The zero-order chi connectivity index (χ0) is 35.5. The zero-order valence-electron chi connectivity index (χ0n) is 29.5. The molecule has 2 aromatic rings. The van der Waals surface area contributed by atoms with Crippen molar-refractivity contribution in [2.24, 2.45) is 0 Å². The Morgan fingerprint density at radius 2 is 0.917 bits per heavy atom. The fraction of sp³-hybridized carbons (Fsp3) is 0.571. The van der Waals surface area contributed by atoms with Crippen molar-refractivity contribution in [3.63, 3.8) is 0 Å². The first-order valence-electron chi connectivity index (χ1n) is 15.9. The first-order chi connectivity index (χ1) is 22.2. The Bertz CT molecular complexity index is 1410. The minimum atomic E-state index is -1.06. The molecule has 0 unspecified atom stereocenters. The molecular weight excluding hydrogens is 624 g/mol. The van der Waals surface area contributed by atoms with Gasteiger partial charge in [-0.05, 0) is 81.4 Å². The summed E-state index contributed by atoms with van der Waals surface area (Å²) in [4.78, 5) is 38.2. The van der Waals surface area contributed by atoms with Crippen molar-refractivity contribution < 1.29 is 52.3 Å². The number of amides is 2. The monoisotopic (exact) mass is 672 g/mol. The van der Waals surface area contributed by atoms with Gasteiger partial charge in [-0.3, -0.25) is 10.6 Å². The summed E-state index contributed by atoms with van der Waals surface area (Å²) in [5.41, 5.74) is -1.25. The Morgan fingerprint density at radius 1 is 0.562 bits per heavy atom. The smallest absolute Gasteiger partial charge is 0.486 e.